The lowest BCUT2D eigenvalue weighted by molar-refractivity contribution is -0.157. The van der Waals surface area contributed by atoms with Gasteiger partial charge in [0.25, 0.3) is 5.56 Å². The SMILES string of the molecule is Cc1cn([C@@]2(COCc3ccccc3)C[C@H](OC(=O)c3ccccc3)[C@@H](CO)O2)c(=O)[nH]c1=O. The van der Waals surface area contributed by atoms with Gasteiger partial charge in [0, 0.05) is 18.2 Å². The first-order valence-electron chi connectivity index (χ1n) is 10.9. The first kappa shape index (κ1) is 23.6. The molecule has 3 atom stereocenters. The van der Waals surface area contributed by atoms with Gasteiger partial charge in [-0.15, -0.1) is 0 Å². The van der Waals surface area contributed by atoms with Crippen molar-refractivity contribution < 1.29 is 24.1 Å². The number of aliphatic hydroxyl groups is 1. The van der Waals surface area contributed by atoms with Crippen LogP contribution in [0.1, 0.15) is 27.9 Å². The van der Waals surface area contributed by atoms with Crippen molar-refractivity contribution in [3.63, 3.8) is 0 Å². The maximum absolute atomic E-state index is 12.8. The molecule has 0 aliphatic carbocycles. The Morgan fingerprint density at radius 1 is 1.15 bits per heavy atom. The number of nitrogens with one attached hydrogen (secondary N) is 1. The lowest BCUT2D eigenvalue weighted by Gasteiger charge is -2.31. The van der Waals surface area contributed by atoms with Gasteiger partial charge in [-0.2, -0.15) is 0 Å². The van der Waals surface area contributed by atoms with Gasteiger partial charge in [0.15, 0.2) is 5.72 Å². The normalized spacial score (nSPS) is 21.9. The van der Waals surface area contributed by atoms with Crippen molar-refractivity contribution in [2.45, 2.75) is 37.9 Å². The van der Waals surface area contributed by atoms with E-state index in [2.05, 4.69) is 4.98 Å². The minimum Gasteiger partial charge on any atom is -0.456 e. The standard InChI is InChI=1S/C25H26N2O7/c1-17-13-27(24(31)26-22(17)29)25(16-32-15-18-8-4-2-5-9-18)12-20(21(14-28)34-25)33-23(30)19-10-6-3-7-11-19/h2-11,13,20-21,28H,12,14-16H2,1H3,(H,26,29,31)/t20-,21+,25-/m0/s1. The zero-order valence-corrected chi connectivity index (χ0v) is 18.7. The van der Waals surface area contributed by atoms with E-state index in [0.717, 1.165) is 5.56 Å². The summed E-state index contributed by atoms with van der Waals surface area (Å²) in [7, 11) is 0. The minimum absolute atomic E-state index is 0.0387. The number of ether oxygens (including phenoxy) is 3. The molecule has 9 heteroatoms. The molecule has 0 radical (unpaired) electrons. The molecule has 1 aliphatic rings. The maximum Gasteiger partial charge on any atom is 0.338 e. The lowest BCUT2D eigenvalue weighted by Crippen LogP contribution is -2.47. The molecule has 0 amide bonds. The van der Waals surface area contributed by atoms with Gasteiger partial charge in [0.05, 0.1) is 25.4 Å². The Morgan fingerprint density at radius 2 is 1.82 bits per heavy atom. The Hall–Kier alpha value is -3.53. The second-order valence-electron chi connectivity index (χ2n) is 8.22. The molecule has 0 spiro atoms. The number of hydrogen-bond donors (Lipinski definition) is 2. The van der Waals surface area contributed by atoms with E-state index in [9.17, 15) is 19.5 Å². The summed E-state index contributed by atoms with van der Waals surface area (Å²) >= 11 is 0. The van der Waals surface area contributed by atoms with Crippen LogP contribution in [0.4, 0.5) is 0 Å². The summed E-state index contributed by atoms with van der Waals surface area (Å²) in [6.45, 7) is 1.30. The van der Waals surface area contributed by atoms with Crippen LogP contribution in [0.3, 0.4) is 0 Å². The number of esters is 1. The van der Waals surface area contributed by atoms with Crippen molar-refractivity contribution in [2.75, 3.05) is 13.2 Å². The van der Waals surface area contributed by atoms with Crippen LogP contribution in [-0.2, 0) is 26.5 Å². The monoisotopic (exact) mass is 466 g/mol. The van der Waals surface area contributed by atoms with Crippen LogP contribution < -0.4 is 11.2 Å². The fraction of sp³-hybridized carbons (Fsp3) is 0.320. The number of carbonyl (C=O) groups is 1. The molecule has 2 N–H and O–H groups in total. The third-order valence-electron chi connectivity index (χ3n) is 5.75. The number of aromatic nitrogens is 2. The Morgan fingerprint density at radius 3 is 2.50 bits per heavy atom. The second-order valence-corrected chi connectivity index (χ2v) is 8.22. The number of aryl methyl sites for hydroxylation is 1. The van der Waals surface area contributed by atoms with Gasteiger partial charge in [-0.1, -0.05) is 48.5 Å². The van der Waals surface area contributed by atoms with Crippen molar-refractivity contribution in [3.8, 4) is 0 Å². The van der Waals surface area contributed by atoms with Gasteiger partial charge in [0.1, 0.15) is 12.2 Å². The van der Waals surface area contributed by atoms with Gasteiger partial charge in [-0.05, 0) is 24.6 Å². The number of hydrogen-bond acceptors (Lipinski definition) is 7. The first-order valence-corrected chi connectivity index (χ1v) is 10.9. The highest BCUT2D eigenvalue weighted by atomic mass is 16.6. The molecule has 2 heterocycles. The van der Waals surface area contributed by atoms with Gasteiger partial charge >= 0.3 is 11.7 Å². The molecule has 1 fully saturated rings. The third kappa shape index (κ3) is 5.01. The third-order valence-corrected chi connectivity index (χ3v) is 5.75. The van der Waals surface area contributed by atoms with Gasteiger partial charge < -0.3 is 19.3 Å². The van der Waals surface area contributed by atoms with E-state index in [1.54, 1.807) is 37.3 Å². The molecule has 1 saturated heterocycles. The Balaban J connectivity index is 1.63. The van der Waals surface area contributed by atoms with Crippen LogP contribution in [0.2, 0.25) is 0 Å². The highest BCUT2D eigenvalue weighted by Gasteiger charge is 2.50. The van der Waals surface area contributed by atoms with Gasteiger partial charge in [-0.25, -0.2) is 9.59 Å². The fourth-order valence-corrected chi connectivity index (χ4v) is 3.99. The van der Waals surface area contributed by atoms with Crippen molar-refractivity contribution in [1.29, 1.82) is 0 Å². The maximum atomic E-state index is 12.8. The number of aromatic amines is 1. The number of aliphatic hydroxyl groups excluding tert-OH is 1. The molecule has 0 bridgehead atoms. The Bertz CT molecular complexity index is 1240. The van der Waals surface area contributed by atoms with Crippen LogP contribution >= 0.6 is 0 Å². The van der Waals surface area contributed by atoms with E-state index in [-0.39, 0.29) is 19.6 Å². The molecular formula is C25H26N2O7. The largest absolute Gasteiger partial charge is 0.456 e. The summed E-state index contributed by atoms with van der Waals surface area (Å²) in [6.07, 6.45) is -0.316. The molecule has 1 aliphatic heterocycles. The highest BCUT2D eigenvalue weighted by Crippen LogP contribution is 2.37. The summed E-state index contributed by atoms with van der Waals surface area (Å²) in [5, 5.41) is 9.97. The second kappa shape index (κ2) is 10.2. The molecule has 34 heavy (non-hydrogen) atoms. The van der Waals surface area contributed by atoms with Crippen molar-refractivity contribution in [2.24, 2.45) is 0 Å². The molecule has 178 valence electrons. The lowest BCUT2D eigenvalue weighted by atomic mass is 10.1. The summed E-state index contributed by atoms with van der Waals surface area (Å²) in [4.78, 5) is 39.7. The van der Waals surface area contributed by atoms with Crippen LogP contribution in [0.15, 0.2) is 76.4 Å². The quantitative estimate of drug-likeness (QED) is 0.485. The van der Waals surface area contributed by atoms with Crippen LogP contribution in [0.5, 0.6) is 0 Å². The molecule has 0 saturated carbocycles. The predicted molar refractivity (Wildman–Crippen MR) is 122 cm³/mol. The molecule has 3 aromatic rings. The van der Waals surface area contributed by atoms with E-state index >= 15 is 0 Å². The van der Waals surface area contributed by atoms with Gasteiger partial charge in [-0.3, -0.25) is 14.3 Å². The summed E-state index contributed by atoms with van der Waals surface area (Å²) < 4.78 is 19.0. The van der Waals surface area contributed by atoms with E-state index in [4.69, 9.17) is 14.2 Å². The molecule has 1 aromatic heterocycles. The number of nitrogens with zero attached hydrogens (tertiary/aromatic N) is 1. The van der Waals surface area contributed by atoms with Crippen molar-refractivity contribution in [3.05, 3.63) is 104 Å². The molecule has 9 nitrogen and oxygen atoms in total. The van der Waals surface area contributed by atoms with Crippen LogP contribution in [-0.4, -0.2) is 46.0 Å². The summed E-state index contributed by atoms with van der Waals surface area (Å²) in [5.74, 6) is -0.571. The molecular weight excluding hydrogens is 440 g/mol. The number of rotatable bonds is 8. The van der Waals surface area contributed by atoms with E-state index in [1.807, 2.05) is 30.3 Å². The summed E-state index contributed by atoms with van der Waals surface area (Å²) in [5.41, 5.74) is -1.03. The zero-order valence-electron chi connectivity index (χ0n) is 18.7. The minimum atomic E-state index is -1.41. The zero-order chi connectivity index (χ0) is 24.1. The Labute approximate surface area is 195 Å². The number of benzene rings is 2. The molecule has 0 unspecified atom stereocenters. The predicted octanol–water partition coefficient (Wildman–Crippen LogP) is 1.72. The van der Waals surface area contributed by atoms with E-state index < -0.39 is 41.8 Å². The topological polar surface area (TPSA) is 120 Å². The van der Waals surface area contributed by atoms with Crippen molar-refractivity contribution >= 4 is 5.97 Å². The number of H-pyrrole nitrogens is 1. The first-order chi connectivity index (χ1) is 16.4. The Kier molecular flexibility index (Phi) is 7.06. The number of carbonyl (C=O) groups excluding carboxylic acids is 1. The van der Waals surface area contributed by atoms with Gasteiger partial charge in [0.2, 0.25) is 0 Å². The average molecular weight is 466 g/mol. The average Bonchev–Trinajstić information content (AvgIpc) is 3.20. The van der Waals surface area contributed by atoms with Crippen LogP contribution in [0.25, 0.3) is 0 Å². The fourth-order valence-electron chi connectivity index (χ4n) is 3.99. The van der Waals surface area contributed by atoms with Crippen molar-refractivity contribution in [1.82, 2.24) is 9.55 Å². The van der Waals surface area contributed by atoms with Crippen LogP contribution in [0, 0.1) is 6.92 Å². The molecule has 2 aromatic carbocycles. The van der Waals surface area contributed by atoms with E-state index in [0.29, 0.717) is 11.1 Å². The van der Waals surface area contributed by atoms with E-state index in [1.165, 1.54) is 10.8 Å². The summed E-state index contributed by atoms with van der Waals surface area (Å²) in [6, 6.07) is 17.9. The highest BCUT2D eigenvalue weighted by molar-refractivity contribution is 5.89. The smallest absolute Gasteiger partial charge is 0.338 e. The molecule has 4 rings (SSSR count).